The number of rotatable bonds is 5. The molecule has 2 N–H and O–H groups in total. The number of aliphatic hydroxyl groups is 1. The van der Waals surface area contributed by atoms with E-state index in [-0.39, 0.29) is 12.0 Å². The summed E-state index contributed by atoms with van der Waals surface area (Å²) >= 11 is 0. The molecule has 0 spiro atoms. The number of aliphatic hydroxyl groups excluding tert-OH is 1. The smallest absolute Gasteiger partial charge is 0.234 e. The second-order valence-electron chi connectivity index (χ2n) is 5.95. The summed E-state index contributed by atoms with van der Waals surface area (Å²) in [5.74, 6) is 0.329. The third-order valence-corrected chi connectivity index (χ3v) is 4.60. The van der Waals surface area contributed by atoms with E-state index in [2.05, 4.69) is 10.2 Å². The Kier molecular flexibility index (Phi) is 5.81. The highest BCUT2D eigenvalue weighted by molar-refractivity contribution is 5.78. The highest BCUT2D eigenvalue weighted by Gasteiger charge is 2.37. The number of nitriles is 1. The molecule has 2 aliphatic rings. The lowest BCUT2D eigenvalue weighted by Gasteiger charge is -2.37. The fourth-order valence-electron chi connectivity index (χ4n) is 3.62. The first kappa shape index (κ1) is 15.3. The molecule has 0 radical (unpaired) electrons. The van der Waals surface area contributed by atoms with E-state index in [4.69, 9.17) is 5.26 Å². The summed E-state index contributed by atoms with van der Waals surface area (Å²) in [6.45, 7) is 1.78. The fraction of sp³-hybridized carbons (Fsp3) is 0.867. The van der Waals surface area contributed by atoms with Crippen molar-refractivity contribution in [3.8, 4) is 6.07 Å². The minimum Gasteiger partial charge on any atom is -0.393 e. The van der Waals surface area contributed by atoms with Crippen LogP contribution in [-0.2, 0) is 4.79 Å². The standard InChI is InChI=1S/C15H25N3O2/c16-8-4-9-17-15(20)11-18-10-3-6-13(18)12-5-1-2-7-14(12)19/h12-14,19H,1-7,9-11H2,(H,17,20). The molecular formula is C15H25N3O2. The Morgan fingerprint density at radius 1 is 1.30 bits per heavy atom. The van der Waals surface area contributed by atoms with Crippen molar-refractivity contribution < 1.29 is 9.90 Å². The maximum Gasteiger partial charge on any atom is 0.234 e. The van der Waals surface area contributed by atoms with Crippen LogP contribution >= 0.6 is 0 Å². The molecule has 0 aromatic rings. The molecule has 1 amide bonds. The monoisotopic (exact) mass is 279 g/mol. The normalized spacial score (nSPS) is 30.9. The Bertz CT molecular complexity index is 367. The van der Waals surface area contributed by atoms with E-state index in [0.29, 0.717) is 31.5 Å². The van der Waals surface area contributed by atoms with E-state index in [1.807, 2.05) is 6.07 Å². The number of hydrogen-bond donors (Lipinski definition) is 2. The lowest BCUT2D eigenvalue weighted by Crippen LogP contribution is -2.46. The van der Waals surface area contributed by atoms with E-state index >= 15 is 0 Å². The van der Waals surface area contributed by atoms with Crippen LogP contribution in [0.2, 0.25) is 0 Å². The molecule has 0 aromatic carbocycles. The van der Waals surface area contributed by atoms with Gasteiger partial charge in [0.1, 0.15) is 0 Å². The topological polar surface area (TPSA) is 76.4 Å². The van der Waals surface area contributed by atoms with Gasteiger partial charge in [0.05, 0.1) is 25.1 Å². The van der Waals surface area contributed by atoms with Crippen LogP contribution in [0.3, 0.4) is 0 Å². The molecule has 5 nitrogen and oxygen atoms in total. The average Bonchev–Trinajstić information content (AvgIpc) is 2.87. The summed E-state index contributed by atoms with van der Waals surface area (Å²) < 4.78 is 0. The van der Waals surface area contributed by atoms with Crippen molar-refractivity contribution in [1.29, 1.82) is 5.26 Å². The molecule has 1 saturated heterocycles. The number of nitrogens with one attached hydrogen (secondary N) is 1. The molecule has 1 aliphatic heterocycles. The second-order valence-corrected chi connectivity index (χ2v) is 5.95. The van der Waals surface area contributed by atoms with Gasteiger partial charge in [-0.1, -0.05) is 12.8 Å². The van der Waals surface area contributed by atoms with E-state index in [1.54, 1.807) is 0 Å². The fourth-order valence-corrected chi connectivity index (χ4v) is 3.62. The Hall–Kier alpha value is -1.12. The van der Waals surface area contributed by atoms with Gasteiger partial charge in [0.25, 0.3) is 0 Å². The molecule has 3 unspecified atom stereocenters. The summed E-state index contributed by atoms with van der Waals surface area (Å²) in [6, 6.07) is 2.38. The van der Waals surface area contributed by atoms with E-state index in [9.17, 15) is 9.90 Å². The first-order valence-corrected chi connectivity index (χ1v) is 7.78. The molecule has 0 bridgehead atoms. The average molecular weight is 279 g/mol. The van der Waals surface area contributed by atoms with E-state index in [0.717, 1.165) is 38.6 Å². The van der Waals surface area contributed by atoms with Crippen LogP contribution in [0.1, 0.15) is 44.9 Å². The molecule has 1 saturated carbocycles. The van der Waals surface area contributed by atoms with Crippen molar-refractivity contribution >= 4 is 5.91 Å². The Balaban J connectivity index is 1.84. The van der Waals surface area contributed by atoms with Crippen LogP contribution in [0.5, 0.6) is 0 Å². The highest BCUT2D eigenvalue weighted by Crippen LogP contribution is 2.34. The van der Waals surface area contributed by atoms with Crippen LogP contribution in [0.4, 0.5) is 0 Å². The van der Waals surface area contributed by atoms with Gasteiger partial charge in [0.15, 0.2) is 0 Å². The third-order valence-electron chi connectivity index (χ3n) is 4.60. The van der Waals surface area contributed by atoms with Crippen LogP contribution in [0.15, 0.2) is 0 Å². The largest absolute Gasteiger partial charge is 0.393 e. The maximum absolute atomic E-state index is 11.9. The van der Waals surface area contributed by atoms with Gasteiger partial charge in [-0.15, -0.1) is 0 Å². The van der Waals surface area contributed by atoms with Gasteiger partial charge in [0, 0.05) is 18.5 Å². The van der Waals surface area contributed by atoms with Crippen LogP contribution in [0.25, 0.3) is 0 Å². The molecule has 0 aromatic heterocycles. The molecule has 5 heteroatoms. The molecule has 3 atom stereocenters. The van der Waals surface area contributed by atoms with Crippen molar-refractivity contribution in [2.45, 2.75) is 57.1 Å². The molecule has 2 rings (SSSR count). The van der Waals surface area contributed by atoms with Gasteiger partial charge < -0.3 is 10.4 Å². The molecule has 112 valence electrons. The first-order valence-electron chi connectivity index (χ1n) is 7.78. The van der Waals surface area contributed by atoms with Crippen molar-refractivity contribution in [1.82, 2.24) is 10.2 Å². The number of nitrogens with zero attached hydrogens (tertiary/aromatic N) is 2. The Morgan fingerprint density at radius 3 is 2.85 bits per heavy atom. The van der Waals surface area contributed by atoms with Crippen molar-refractivity contribution in [2.24, 2.45) is 5.92 Å². The molecule has 20 heavy (non-hydrogen) atoms. The summed E-state index contributed by atoms with van der Waals surface area (Å²) in [4.78, 5) is 14.1. The van der Waals surface area contributed by atoms with Crippen molar-refractivity contribution in [3.63, 3.8) is 0 Å². The molecular weight excluding hydrogens is 254 g/mol. The Morgan fingerprint density at radius 2 is 2.10 bits per heavy atom. The van der Waals surface area contributed by atoms with Crippen LogP contribution in [0, 0.1) is 17.2 Å². The number of hydrogen-bond acceptors (Lipinski definition) is 4. The highest BCUT2D eigenvalue weighted by atomic mass is 16.3. The van der Waals surface area contributed by atoms with Crippen LogP contribution < -0.4 is 5.32 Å². The van der Waals surface area contributed by atoms with Gasteiger partial charge >= 0.3 is 0 Å². The van der Waals surface area contributed by atoms with Gasteiger partial charge in [-0.2, -0.15) is 5.26 Å². The predicted molar refractivity (Wildman–Crippen MR) is 75.8 cm³/mol. The lowest BCUT2D eigenvalue weighted by molar-refractivity contribution is -0.123. The summed E-state index contributed by atoms with van der Waals surface area (Å²) in [6.07, 6.45) is 6.67. The third kappa shape index (κ3) is 3.94. The van der Waals surface area contributed by atoms with E-state index < -0.39 is 0 Å². The maximum atomic E-state index is 11.9. The summed E-state index contributed by atoms with van der Waals surface area (Å²) in [5.41, 5.74) is 0. The molecule has 2 fully saturated rings. The van der Waals surface area contributed by atoms with E-state index in [1.165, 1.54) is 6.42 Å². The minimum absolute atomic E-state index is 0.00236. The zero-order chi connectivity index (χ0) is 14.4. The number of carbonyl (C=O) groups excluding carboxylic acids is 1. The molecule has 1 heterocycles. The quantitative estimate of drug-likeness (QED) is 0.737. The van der Waals surface area contributed by atoms with Crippen molar-refractivity contribution in [2.75, 3.05) is 19.6 Å². The van der Waals surface area contributed by atoms with Crippen molar-refractivity contribution in [3.05, 3.63) is 0 Å². The summed E-state index contributed by atoms with van der Waals surface area (Å²) in [7, 11) is 0. The lowest BCUT2D eigenvalue weighted by atomic mass is 9.80. The Labute approximate surface area is 120 Å². The SMILES string of the molecule is N#CCCNC(=O)CN1CCCC1C1CCCCC1O. The number of amides is 1. The zero-order valence-corrected chi connectivity index (χ0v) is 12.1. The van der Waals surface area contributed by atoms with Gasteiger partial charge in [-0.3, -0.25) is 9.69 Å². The summed E-state index contributed by atoms with van der Waals surface area (Å²) in [5, 5.41) is 21.4. The van der Waals surface area contributed by atoms with Crippen LogP contribution in [-0.4, -0.2) is 47.7 Å². The second kappa shape index (κ2) is 7.61. The first-order chi connectivity index (χ1) is 9.72. The van der Waals surface area contributed by atoms with Gasteiger partial charge in [-0.25, -0.2) is 0 Å². The molecule has 1 aliphatic carbocycles. The van der Waals surface area contributed by atoms with Gasteiger partial charge in [0.2, 0.25) is 5.91 Å². The zero-order valence-electron chi connectivity index (χ0n) is 12.1. The van der Waals surface area contributed by atoms with Gasteiger partial charge in [-0.05, 0) is 32.2 Å². The number of carbonyl (C=O) groups is 1. The number of likely N-dealkylation sites (tertiary alicyclic amines) is 1. The minimum atomic E-state index is -0.198. The predicted octanol–water partition coefficient (Wildman–Crippen LogP) is 1.03.